The highest BCUT2D eigenvalue weighted by molar-refractivity contribution is 6.19. The second-order valence-corrected chi connectivity index (χ2v) is 5.13. The summed E-state index contributed by atoms with van der Waals surface area (Å²) < 4.78 is 45.1. The van der Waals surface area contributed by atoms with E-state index in [4.69, 9.17) is 21.4 Å². The van der Waals surface area contributed by atoms with Gasteiger partial charge in [0.2, 0.25) is 5.82 Å². The molecular weight excluding hydrogens is 311 g/mol. The van der Waals surface area contributed by atoms with Crippen LogP contribution in [-0.4, -0.2) is 35.6 Å². The van der Waals surface area contributed by atoms with Gasteiger partial charge in [-0.15, -0.1) is 11.6 Å². The van der Waals surface area contributed by atoms with Crippen molar-refractivity contribution in [2.75, 3.05) is 19.1 Å². The number of carbonyl (C=O) groups is 1. The molecule has 1 amide bonds. The van der Waals surface area contributed by atoms with Crippen LogP contribution in [0.1, 0.15) is 23.2 Å². The number of benzene rings is 1. The molecule has 1 aliphatic heterocycles. The Morgan fingerprint density at radius 1 is 1.33 bits per heavy atom. The van der Waals surface area contributed by atoms with Gasteiger partial charge in [-0.05, 0) is 18.9 Å². The van der Waals surface area contributed by atoms with Gasteiger partial charge in [-0.25, -0.2) is 8.78 Å². The Hall–Kier alpha value is -1.47. The van der Waals surface area contributed by atoms with Crippen molar-refractivity contribution in [1.82, 2.24) is 5.32 Å². The third-order valence-electron chi connectivity index (χ3n) is 3.46. The third-order valence-corrected chi connectivity index (χ3v) is 3.97. The Bertz CT molecular complexity index is 562. The summed E-state index contributed by atoms with van der Waals surface area (Å²) in [5.41, 5.74) is -1.58. The smallest absolute Gasteiger partial charge is 0.254 e. The molecule has 2 rings (SSSR count). The van der Waals surface area contributed by atoms with E-state index in [2.05, 4.69) is 5.32 Å². The summed E-state index contributed by atoms with van der Waals surface area (Å²) in [6.07, 6.45) is 0.832. The minimum Gasteiger partial charge on any atom is -0.503 e. The van der Waals surface area contributed by atoms with Gasteiger partial charge in [0.1, 0.15) is 0 Å². The molecule has 0 atom stereocenters. The highest BCUT2D eigenvalue weighted by Gasteiger charge is 2.35. The van der Waals surface area contributed by atoms with Crippen molar-refractivity contribution in [2.45, 2.75) is 18.4 Å². The van der Waals surface area contributed by atoms with Crippen molar-refractivity contribution in [1.29, 1.82) is 0 Å². The summed E-state index contributed by atoms with van der Waals surface area (Å²) in [5, 5.41) is 11.7. The lowest BCUT2D eigenvalue weighted by atomic mass is 9.91. The predicted octanol–water partition coefficient (Wildman–Crippen LogP) is 2.33. The number of halogens is 4. The molecule has 0 spiro atoms. The number of phenols is 1. The van der Waals surface area contributed by atoms with Gasteiger partial charge >= 0.3 is 0 Å². The van der Waals surface area contributed by atoms with Crippen molar-refractivity contribution in [2.24, 2.45) is 0 Å². The van der Waals surface area contributed by atoms with Crippen LogP contribution in [-0.2, 0) is 4.74 Å². The van der Waals surface area contributed by atoms with E-state index in [-0.39, 0.29) is 5.88 Å². The molecule has 4 nitrogen and oxygen atoms in total. The highest BCUT2D eigenvalue weighted by Crippen LogP contribution is 2.27. The Morgan fingerprint density at radius 2 is 1.95 bits per heavy atom. The van der Waals surface area contributed by atoms with Gasteiger partial charge in [-0.1, -0.05) is 0 Å². The lowest BCUT2D eigenvalue weighted by Crippen LogP contribution is -2.53. The van der Waals surface area contributed by atoms with E-state index < -0.39 is 40.2 Å². The van der Waals surface area contributed by atoms with Crippen LogP contribution in [0.2, 0.25) is 0 Å². The molecule has 1 heterocycles. The fourth-order valence-electron chi connectivity index (χ4n) is 2.12. The largest absolute Gasteiger partial charge is 0.503 e. The topological polar surface area (TPSA) is 58.6 Å². The standard InChI is InChI=1S/C13H13ClF3NO3/c14-6-13(1-3-21-4-2-13)18-12(20)7-5-8(15)10(17)11(19)9(7)16/h5,19H,1-4,6H2,(H,18,20). The van der Waals surface area contributed by atoms with Gasteiger partial charge in [0.05, 0.1) is 11.1 Å². The first kappa shape index (κ1) is 15.9. The first-order valence-electron chi connectivity index (χ1n) is 6.23. The summed E-state index contributed by atoms with van der Waals surface area (Å²) in [6.45, 7) is 0.747. The fourth-order valence-corrected chi connectivity index (χ4v) is 2.45. The first-order chi connectivity index (χ1) is 9.90. The zero-order valence-electron chi connectivity index (χ0n) is 10.9. The highest BCUT2D eigenvalue weighted by atomic mass is 35.5. The molecule has 1 aromatic rings. The van der Waals surface area contributed by atoms with E-state index in [1.165, 1.54) is 0 Å². The number of hydrogen-bond donors (Lipinski definition) is 2. The van der Waals surface area contributed by atoms with Crippen LogP contribution >= 0.6 is 11.6 Å². The van der Waals surface area contributed by atoms with Crippen LogP contribution < -0.4 is 5.32 Å². The average Bonchev–Trinajstić information content (AvgIpc) is 2.49. The predicted molar refractivity (Wildman–Crippen MR) is 69.0 cm³/mol. The Morgan fingerprint density at radius 3 is 2.52 bits per heavy atom. The molecule has 2 N–H and O–H groups in total. The molecule has 0 bridgehead atoms. The van der Waals surface area contributed by atoms with Crippen molar-refractivity contribution >= 4 is 17.5 Å². The first-order valence-corrected chi connectivity index (χ1v) is 6.76. The number of phenolic OH excluding ortho intramolecular Hbond substituents is 1. The number of alkyl halides is 1. The normalized spacial score (nSPS) is 17.5. The van der Waals surface area contributed by atoms with E-state index >= 15 is 0 Å². The van der Waals surface area contributed by atoms with Gasteiger partial charge in [-0.2, -0.15) is 4.39 Å². The summed E-state index contributed by atoms with van der Waals surface area (Å²) in [6, 6.07) is 0.404. The average molecular weight is 324 g/mol. The minimum absolute atomic E-state index is 0.0688. The van der Waals surface area contributed by atoms with Crippen LogP contribution in [0.5, 0.6) is 5.75 Å². The summed E-state index contributed by atoms with van der Waals surface area (Å²) >= 11 is 5.85. The van der Waals surface area contributed by atoms with Crippen molar-refractivity contribution < 1.29 is 27.8 Å². The van der Waals surface area contributed by atoms with E-state index in [9.17, 15) is 18.0 Å². The summed E-state index contributed by atoms with van der Waals surface area (Å²) in [7, 11) is 0. The van der Waals surface area contributed by atoms with Gasteiger partial charge in [0.25, 0.3) is 5.91 Å². The molecule has 1 aliphatic rings. The van der Waals surface area contributed by atoms with Gasteiger partial charge < -0.3 is 15.2 Å². The van der Waals surface area contributed by atoms with E-state index in [0.29, 0.717) is 32.1 Å². The maximum atomic E-state index is 13.7. The Labute approximate surface area is 123 Å². The molecule has 0 aliphatic carbocycles. The monoisotopic (exact) mass is 323 g/mol. The number of rotatable bonds is 3. The van der Waals surface area contributed by atoms with Crippen molar-refractivity contribution in [3.05, 3.63) is 29.1 Å². The van der Waals surface area contributed by atoms with E-state index in [0.717, 1.165) is 0 Å². The molecule has 0 saturated carbocycles. The third kappa shape index (κ3) is 3.08. The molecule has 21 heavy (non-hydrogen) atoms. The van der Waals surface area contributed by atoms with Crippen molar-refractivity contribution in [3.63, 3.8) is 0 Å². The number of amides is 1. The molecule has 0 radical (unpaired) electrons. The quantitative estimate of drug-likeness (QED) is 0.663. The van der Waals surface area contributed by atoms with Gasteiger partial charge in [-0.3, -0.25) is 4.79 Å². The van der Waals surface area contributed by atoms with E-state index in [1.807, 2.05) is 0 Å². The molecule has 1 fully saturated rings. The lowest BCUT2D eigenvalue weighted by Gasteiger charge is -2.36. The van der Waals surface area contributed by atoms with Crippen LogP contribution in [0.3, 0.4) is 0 Å². The SMILES string of the molecule is O=C(NC1(CCl)CCOCC1)c1cc(F)c(F)c(O)c1F. The van der Waals surface area contributed by atoms with Crippen LogP contribution in [0, 0.1) is 17.5 Å². The number of carbonyl (C=O) groups excluding carboxylic acids is 1. The van der Waals surface area contributed by atoms with Crippen LogP contribution in [0.4, 0.5) is 13.2 Å². The number of hydrogen-bond acceptors (Lipinski definition) is 3. The maximum absolute atomic E-state index is 13.7. The second-order valence-electron chi connectivity index (χ2n) is 4.86. The van der Waals surface area contributed by atoms with Crippen LogP contribution in [0.25, 0.3) is 0 Å². The molecule has 0 unspecified atom stereocenters. The lowest BCUT2D eigenvalue weighted by molar-refractivity contribution is 0.0432. The minimum atomic E-state index is -1.73. The molecule has 8 heteroatoms. The Kier molecular flexibility index (Phi) is 4.63. The summed E-state index contributed by atoms with van der Waals surface area (Å²) in [5.74, 6) is -7.17. The molecule has 116 valence electrons. The Balaban J connectivity index is 2.28. The van der Waals surface area contributed by atoms with Gasteiger partial charge in [0.15, 0.2) is 17.4 Å². The zero-order chi connectivity index (χ0) is 15.6. The zero-order valence-corrected chi connectivity index (χ0v) is 11.6. The maximum Gasteiger partial charge on any atom is 0.254 e. The second kappa shape index (κ2) is 6.11. The molecule has 1 saturated heterocycles. The van der Waals surface area contributed by atoms with Crippen LogP contribution in [0.15, 0.2) is 6.07 Å². The number of nitrogens with one attached hydrogen (secondary N) is 1. The molecular formula is C13H13ClF3NO3. The number of ether oxygens (including phenoxy) is 1. The van der Waals surface area contributed by atoms with Crippen molar-refractivity contribution in [3.8, 4) is 5.75 Å². The summed E-state index contributed by atoms with van der Waals surface area (Å²) in [4.78, 5) is 12.1. The van der Waals surface area contributed by atoms with E-state index in [1.54, 1.807) is 0 Å². The fraction of sp³-hybridized carbons (Fsp3) is 0.462. The number of aromatic hydroxyl groups is 1. The molecule has 1 aromatic carbocycles. The molecule has 0 aromatic heterocycles. The van der Waals surface area contributed by atoms with Gasteiger partial charge in [0, 0.05) is 19.1 Å².